The van der Waals surface area contributed by atoms with Gasteiger partial charge in [0, 0.05) is 22.2 Å². The van der Waals surface area contributed by atoms with Crippen molar-refractivity contribution < 1.29 is 9.47 Å². The predicted octanol–water partition coefficient (Wildman–Crippen LogP) is 7.01. The molecule has 0 N–H and O–H groups in total. The summed E-state index contributed by atoms with van der Waals surface area (Å²) < 4.78 is 11.9. The van der Waals surface area contributed by atoms with Crippen molar-refractivity contribution in [1.29, 1.82) is 0 Å². The molecule has 24 heavy (non-hydrogen) atoms. The second kappa shape index (κ2) is 10.8. The lowest BCUT2D eigenvalue weighted by Gasteiger charge is -2.15. The number of hydrogen-bond acceptors (Lipinski definition) is 2. The molecule has 0 bridgehead atoms. The predicted molar refractivity (Wildman–Crippen MR) is 107 cm³/mol. The Balaban J connectivity index is 2.09. The highest BCUT2D eigenvalue weighted by Crippen LogP contribution is 2.39. The minimum Gasteiger partial charge on any atom is -0.493 e. The van der Waals surface area contributed by atoms with E-state index in [9.17, 15) is 0 Å². The molecular weight excluding hydrogens is 388 g/mol. The first kappa shape index (κ1) is 19.4. The standard InChI is InChI=1S/C20H26BrClO2/c1-2-3-4-5-8-13-24-20-17-11-7-6-10-16(17)19(15-18(20)22)23-14-9-12-21/h6-7,10-11,15H,2-5,8-9,12-14H2,1H3. The maximum absolute atomic E-state index is 6.47. The summed E-state index contributed by atoms with van der Waals surface area (Å²) in [6.45, 7) is 3.60. The summed E-state index contributed by atoms with van der Waals surface area (Å²) in [5, 5.41) is 3.62. The zero-order valence-corrected chi connectivity index (χ0v) is 16.7. The van der Waals surface area contributed by atoms with Crippen LogP contribution in [-0.4, -0.2) is 18.5 Å². The summed E-state index contributed by atoms with van der Waals surface area (Å²) in [6, 6.07) is 10.0. The van der Waals surface area contributed by atoms with Gasteiger partial charge in [-0.1, -0.05) is 84.4 Å². The summed E-state index contributed by atoms with van der Waals surface area (Å²) in [5.74, 6) is 1.60. The van der Waals surface area contributed by atoms with Crippen molar-refractivity contribution in [2.45, 2.75) is 45.4 Å². The Bertz CT molecular complexity index is 630. The van der Waals surface area contributed by atoms with Crippen LogP contribution in [-0.2, 0) is 0 Å². The summed E-state index contributed by atoms with van der Waals surface area (Å²) in [6.07, 6.45) is 7.06. The van der Waals surface area contributed by atoms with Crippen LogP contribution in [0.4, 0.5) is 0 Å². The Kier molecular flexibility index (Phi) is 8.76. The molecule has 2 aromatic carbocycles. The number of unbranched alkanes of at least 4 members (excludes halogenated alkanes) is 4. The van der Waals surface area contributed by atoms with Crippen LogP contribution in [0.5, 0.6) is 11.5 Å². The minimum absolute atomic E-state index is 0.621. The molecule has 2 rings (SSSR count). The van der Waals surface area contributed by atoms with Gasteiger partial charge >= 0.3 is 0 Å². The Labute approximate surface area is 158 Å². The van der Waals surface area contributed by atoms with Gasteiger partial charge in [-0.3, -0.25) is 0 Å². The molecule has 0 unspecified atom stereocenters. The number of fused-ring (bicyclic) bond motifs is 1. The molecule has 2 nitrogen and oxygen atoms in total. The van der Waals surface area contributed by atoms with Crippen LogP contribution in [0.15, 0.2) is 30.3 Å². The second-order valence-corrected chi connectivity index (χ2v) is 7.09. The number of alkyl halides is 1. The van der Waals surface area contributed by atoms with E-state index in [2.05, 4.69) is 28.9 Å². The normalized spacial score (nSPS) is 11.0. The molecule has 0 amide bonds. The van der Waals surface area contributed by atoms with Crippen LogP contribution < -0.4 is 9.47 Å². The van der Waals surface area contributed by atoms with E-state index < -0.39 is 0 Å². The second-order valence-electron chi connectivity index (χ2n) is 5.88. The molecule has 0 aliphatic rings. The molecule has 0 radical (unpaired) electrons. The van der Waals surface area contributed by atoms with Crippen molar-refractivity contribution in [3.05, 3.63) is 35.4 Å². The third kappa shape index (κ3) is 5.56. The van der Waals surface area contributed by atoms with Crippen molar-refractivity contribution in [2.24, 2.45) is 0 Å². The highest BCUT2D eigenvalue weighted by Gasteiger charge is 2.13. The lowest BCUT2D eigenvalue weighted by atomic mass is 10.1. The molecule has 0 aliphatic heterocycles. The van der Waals surface area contributed by atoms with E-state index in [1.54, 1.807) is 0 Å². The monoisotopic (exact) mass is 412 g/mol. The Hall–Kier alpha value is -0.930. The number of rotatable bonds is 11. The van der Waals surface area contributed by atoms with E-state index >= 15 is 0 Å². The largest absolute Gasteiger partial charge is 0.493 e. The smallest absolute Gasteiger partial charge is 0.145 e. The maximum Gasteiger partial charge on any atom is 0.145 e. The van der Waals surface area contributed by atoms with Crippen molar-refractivity contribution in [1.82, 2.24) is 0 Å². The van der Waals surface area contributed by atoms with E-state index in [0.29, 0.717) is 18.2 Å². The molecule has 0 atom stereocenters. The van der Waals surface area contributed by atoms with Crippen molar-refractivity contribution in [3.8, 4) is 11.5 Å². The molecule has 4 heteroatoms. The number of benzene rings is 2. The first-order valence-corrected chi connectivity index (χ1v) is 10.3. The van der Waals surface area contributed by atoms with Crippen LogP contribution in [0.25, 0.3) is 10.8 Å². The van der Waals surface area contributed by atoms with Crippen LogP contribution in [0.3, 0.4) is 0 Å². The fraction of sp³-hybridized carbons (Fsp3) is 0.500. The van der Waals surface area contributed by atoms with Crippen LogP contribution in [0, 0.1) is 0 Å². The van der Waals surface area contributed by atoms with Crippen molar-refractivity contribution in [2.75, 3.05) is 18.5 Å². The molecule has 2 aromatic rings. The molecule has 0 spiro atoms. The molecular formula is C20H26BrClO2. The van der Waals surface area contributed by atoms with Gasteiger partial charge < -0.3 is 9.47 Å². The third-order valence-corrected chi connectivity index (χ3v) is 4.78. The third-order valence-electron chi connectivity index (χ3n) is 3.94. The SMILES string of the molecule is CCCCCCCOc1c(Cl)cc(OCCCBr)c2ccccc12. The van der Waals surface area contributed by atoms with E-state index in [1.165, 1.54) is 25.7 Å². The van der Waals surface area contributed by atoms with Crippen molar-refractivity contribution in [3.63, 3.8) is 0 Å². The molecule has 0 aromatic heterocycles. The Morgan fingerprint density at radius 3 is 2.38 bits per heavy atom. The molecule has 0 heterocycles. The van der Waals surface area contributed by atoms with Crippen LogP contribution >= 0.6 is 27.5 Å². The Morgan fingerprint density at radius 2 is 1.62 bits per heavy atom. The van der Waals surface area contributed by atoms with Gasteiger partial charge in [0.25, 0.3) is 0 Å². The number of ether oxygens (including phenoxy) is 2. The first-order chi connectivity index (χ1) is 11.8. The number of hydrogen-bond donors (Lipinski definition) is 0. The van der Waals surface area contributed by atoms with Gasteiger partial charge in [0.15, 0.2) is 0 Å². The van der Waals surface area contributed by atoms with Crippen molar-refractivity contribution >= 4 is 38.3 Å². The van der Waals surface area contributed by atoms with Gasteiger partial charge in [-0.15, -0.1) is 0 Å². The molecule has 132 valence electrons. The van der Waals surface area contributed by atoms with Gasteiger partial charge in [-0.25, -0.2) is 0 Å². The summed E-state index contributed by atoms with van der Waals surface area (Å²) >= 11 is 9.89. The maximum atomic E-state index is 6.47. The molecule has 0 fully saturated rings. The average Bonchev–Trinajstić information content (AvgIpc) is 2.60. The molecule has 0 saturated carbocycles. The summed E-state index contributed by atoms with van der Waals surface area (Å²) in [4.78, 5) is 0. The topological polar surface area (TPSA) is 18.5 Å². The van der Waals surface area contributed by atoms with Crippen LogP contribution in [0.1, 0.15) is 45.4 Å². The zero-order valence-electron chi connectivity index (χ0n) is 14.3. The fourth-order valence-electron chi connectivity index (χ4n) is 2.67. The highest BCUT2D eigenvalue weighted by atomic mass is 79.9. The summed E-state index contributed by atoms with van der Waals surface area (Å²) in [7, 11) is 0. The zero-order chi connectivity index (χ0) is 17.2. The molecule has 0 aliphatic carbocycles. The highest BCUT2D eigenvalue weighted by molar-refractivity contribution is 9.09. The number of halogens is 2. The Morgan fingerprint density at radius 1 is 0.917 bits per heavy atom. The molecule has 0 saturated heterocycles. The van der Waals surface area contributed by atoms with Gasteiger partial charge in [0.2, 0.25) is 0 Å². The van der Waals surface area contributed by atoms with Crippen LogP contribution in [0.2, 0.25) is 5.02 Å². The first-order valence-electron chi connectivity index (χ1n) is 8.80. The van der Waals surface area contributed by atoms with E-state index in [1.807, 2.05) is 24.3 Å². The van der Waals surface area contributed by atoms with Gasteiger partial charge in [0.05, 0.1) is 18.2 Å². The lowest BCUT2D eigenvalue weighted by molar-refractivity contribution is 0.305. The van der Waals surface area contributed by atoms with Gasteiger partial charge in [0.1, 0.15) is 11.5 Å². The fourth-order valence-corrected chi connectivity index (χ4v) is 3.15. The minimum atomic E-state index is 0.621. The van der Waals surface area contributed by atoms with Gasteiger partial charge in [-0.2, -0.15) is 0 Å². The van der Waals surface area contributed by atoms with E-state index in [-0.39, 0.29) is 0 Å². The quantitative estimate of drug-likeness (QED) is 0.291. The van der Waals surface area contributed by atoms with E-state index in [4.69, 9.17) is 21.1 Å². The van der Waals surface area contributed by atoms with Gasteiger partial charge in [-0.05, 0) is 12.8 Å². The summed E-state index contributed by atoms with van der Waals surface area (Å²) in [5.41, 5.74) is 0. The lowest BCUT2D eigenvalue weighted by Crippen LogP contribution is -2.01. The van der Waals surface area contributed by atoms with E-state index in [0.717, 1.165) is 40.4 Å². The average molecular weight is 414 g/mol.